The van der Waals surface area contributed by atoms with E-state index in [0.29, 0.717) is 0 Å². The van der Waals surface area contributed by atoms with Crippen LogP contribution < -0.4 is 0 Å². The molecule has 0 amide bonds. The van der Waals surface area contributed by atoms with Crippen molar-refractivity contribution in [3.05, 3.63) is 39.5 Å². The number of benzene rings is 1. The molecule has 0 atom stereocenters. The second-order valence-electron chi connectivity index (χ2n) is 3.31. The molecular formula is C11H9Cl2N. The second-order valence-corrected chi connectivity index (χ2v) is 4.13. The first-order valence-electron chi connectivity index (χ1n) is 4.31. The Hall–Kier alpha value is -0.790. The Morgan fingerprint density at radius 1 is 1.07 bits per heavy atom. The molecule has 0 unspecified atom stereocenters. The lowest BCUT2D eigenvalue weighted by atomic mass is 10.1. The number of aromatic nitrogens is 1. The van der Waals surface area contributed by atoms with Crippen LogP contribution in [0.5, 0.6) is 0 Å². The quantitative estimate of drug-likeness (QED) is 0.657. The van der Waals surface area contributed by atoms with Crippen molar-refractivity contribution in [3.8, 4) is 0 Å². The minimum Gasteiger partial charge on any atom is -0.253 e. The molecular weight excluding hydrogens is 217 g/mol. The van der Waals surface area contributed by atoms with Gasteiger partial charge in [-0.2, -0.15) is 0 Å². The summed E-state index contributed by atoms with van der Waals surface area (Å²) in [7, 11) is 0. The van der Waals surface area contributed by atoms with Crippen molar-refractivity contribution in [2.24, 2.45) is 0 Å². The molecule has 0 aliphatic carbocycles. The van der Waals surface area contributed by atoms with Crippen LogP contribution in [0.15, 0.2) is 18.2 Å². The van der Waals surface area contributed by atoms with Crippen LogP contribution in [0.2, 0.25) is 10.0 Å². The summed E-state index contributed by atoms with van der Waals surface area (Å²) in [6.45, 7) is 3.87. The van der Waals surface area contributed by atoms with Gasteiger partial charge in [-0.3, -0.25) is 4.98 Å². The van der Waals surface area contributed by atoms with Crippen LogP contribution in [0, 0.1) is 13.8 Å². The van der Waals surface area contributed by atoms with E-state index in [4.69, 9.17) is 23.2 Å². The Labute approximate surface area is 92.7 Å². The molecule has 1 aromatic carbocycles. The first kappa shape index (κ1) is 9.75. The molecule has 0 aliphatic rings. The summed E-state index contributed by atoms with van der Waals surface area (Å²) in [6, 6.07) is 5.61. The van der Waals surface area contributed by atoms with E-state index in [9.17, 15) is 0 Å². The molecule has 72 valence electrons. The summed E-state index contributed by atoms with van der Waals surface area (Å²) in [5.74, 6) is 0. The highest BCUT2D eigenvalue weighted by Gasteiger charge is 2.06. The van der Waals surface area contributed by atoms with Crippen molar-refractivity contribution in [1.29, 1.82) is 0 Å². The monoisotopic (exact) mass is 225 g/mol. The number of hydrogen-bond donors (Lipinski definition) is 0. The van der Waals surface area contributed by atoms with Crippen molar-refractivity contribution < 1.29 is 0 Å². The molecule has 2 rings (SSSR count). The summed E-state index contributed by atoms with van der Waals surface area (Å²) in [6.07, 6.45) is 0. The van der Waals surface area contributed by atoms with Gasteiger partial charge in [0, 0.05) is 16.1 Å². The Morgan fingerprint density at radius 3 is 2.50 bits per heavy atom. The summed E-state index contributed by atoms with van der Waals surface area (Å²) < 4.78 is 0. The second kappa shape index (κ2) is 3.41. The lowest BCUT2D eigenvalue weighted by molar-refractivity contribution is 1.24. The zero-order valence-electron chi connectivity index (χ0n) is 7.94. The van der Waals surface area contributed by atoms with Gasteiger partial charge in [0.05, 0.1) is 10.5 Å². The normalized spacial score (nSPS) is 10.9. The molecule has 0 N–H and O–H groups in total. The SMILES string of the molecule is Cc1cc(Cl)c2ccc(Cl)c(C)c2n1. The lowest BCUT2D eigenvalue weighted by Crippen LogP contribution is -1.88. The van der Waals surface area contributed by atoms with E-state index in [-0.39, 0.29) is 0 Å². The minimum atomic E-state index is 0.728. The number of fused-ring (bicyclic) bond motifs is 1. The fourth-order valence-corrected chi connectivity index (χ4v) is 1.95. The fourth-order valence-electron chi connectivity index (χ4n) is 1.48. The third kappa shape index (κ3) is 1.47. The van der Waals surface area contributed by atoms with Crippen LogP contribution in [-0.2, 0) is 0 Å². The molecule has 1 aromatic heterocycles. The molecule has 1 heterocycles. The van der Waals surface area contributed by atoms with E-state index in [1.807, 2.05) is 32.0 Å². The highest BCUT2D eigenvalue weighted by molar-refractivity contribution is 6.36. The lowest BCUT2D eigenvalue weighted by Gasteiger charge is -2.06. The van der Waals surface area contributed by atoms with Gasteiger partial charge in [-0.05, 0) is 37.6 Å². The number of nitrogens with zero attached hydrogens (tertiary/aromatic N) is 1. The number of pyridine rings is 1. The molecule has 3 heteroatoms. The van der Waals surface area contributed by atoms with Gasteiger partial charge < -0.3 is 0 Å². The maximum absolute atomic E-state index is 6.10. The molecule has 0 fully saturated rings. The third-order valence-electron chi connectivity index (χ3n) is 2.25. The van der Waals surface area contributed by atoms with Crippen molar-refractivity contribution in [2.45, 2.75) is 13.8 Å². The van der Waals surface area contributed by atoms with Gasteiger partial charge in [-0.15, -0.1) is 0 Å². The van der Waals surface area contributed by atoms with Crippen LogP contribution >= 0.6 is 23.2 Å². The zero-order chi connectivity index (χ0) is 10.3. The largest absolute Gasteiger partial charge is 0.253 e. The predicted molar refractivity (Wildman–Crippen MR) is 61.2 cm³/mol. The Balaban J connectivity index is 2.95. The fraction of sp³-hybridized carbons (Fsp3) is 0.182. The Bertz CT molecular complexity index is 506. The van der Waals surface area contributed by atoms with Gasteiger partial charge in [0.15, 0.2) is 0 Å². The van der Waals surface area contributed by atoms with Gasteiger partial charge in [-0.1, -0.05) is 23.2 Å². The van der Waals surface area contributed by atoms with E-state index in [0.717, 1.165) is 32.2 Å². The summed E-state index contributed by atoms with van der Waals surface area (Å²) >= 11 is 12.1. The van der Waals surface area contributed by atoms with Gasteiger partial charge >= 0.3 is 0 Å². The summed E-state index contributed by atoms with van der Waals surface area (Å²) in [5.41, 5.74) is 2.78. The zero-order valence-corrected chi connectivity index (χ0v) is 9.45. The Morgan fingerprint density at radius 2 is 1.79 bits per heavy atom. The molecule has 0 saturated carbocycles. The third-order valence-corrected chi connectivity index (χ3v) is 2.97. The van der Waals surface area contributed by atoms with Gasteiger partial charge in [0.25, 0.3) is 0 Å². The summed E-state index contributed by atoms with van der Waals surface area (Å²) in [4.78, 5) is 4.43. The van der Waals surface area contributed by atoms with Gasteiger partial charge in [-0.25, -0.2) is 0 Å². The topological polar surface area (TPSA) is 12.9 Å². The summed E-state index contributed by atoms with van der Waals surface area (Å²) in [5, 5.41) is 2.41. The smallest absolute Gasteiger partial charge is 0.0764 e. The maximum atomic E-state index is 6.10. The van der Waals surface area contributed by atoms with E-state index in [1.165, 1.54) is 0 Å². The Kier molecular flexibility index (Phi) is 2.38. The maximum Gasteiger partial charge on any atom is 0.0764 e. The first-order chi connectivity index (χ1) is 6.59. The van der Waals surface area contributed by atoms with Crippen molar-refractivity contribution in [2.75, 3.05) is 0 Å². The van der Waals surface area contributed by atoms with E-state index < -0.39 is 0 Å². The average Bonchev–Trinajstić information content (AvgIpc) is 2.12. The average molecular weight is 226 g/mol. The molecule has 0 spiro atoms. The predicted octanol–water partition coefficient (Wildman–Crippen LogP) is 4.16. The van der Waals surface area contributed by atoms with Crippen LogP contribution in [0.1, 0.15) is 11.3 Å². The molecule has 0 radical (unpaired) electrons. The standard InChI is InChI=1S/C11H9Cl2N/c1-6-5-10(13)8-3-4-9(12)7(2)11(8)14-6/h3-5H,1-2H3. The van der Waals surface area contributed by atoms with Crippen molar-refractivity contribution in [3.63, 3.8) is 0 Å². The molecule has 0 aliphatic heterocycles. The van der Waals surface area contributed by atoms with Gasteiger partial charge in [0.2, 0.25) is 0 Å². The number of aryl methyl sites for hydroxylation is 2. The van der Waals surface area contributed by atoms with Crippen molar-refractivity contribution in [1.82, 2.24) is 4.98 Å². The van der Waals surface area contributed by atoms with Crippen LogP contribution in [0.25, 0.3) is 10.9 Å². The van der Waals surface area contributed by atoms with E-state index >= 15 is 0 Å². The molecule has 0 bridgehead atoms. The molecule has 0 saturated heterocycles. The number of halogens is 2. The number of hydrogen-bond acceptors (Lipinski definition) is 1. The van der Waals surface area contributed by atoms with Crippen LogP contribution in [0.4, 0.5) is 0 Å². The highest BCUT2D eigenvalue weighted by Crippen LogP contribution is 2.29. The van der Waals surface area contributed by atoms with Crippen molar-refractivity contribution >= 4 is 34.1 Å². The highest BCUT2D eigenvalue weighted by atomic mass is 35.5. The first-order valence-corrected chi connectivity index (χ1v) is 5.07. The van der Waals surface area contributed by atoms with E-state index in [2.05, 4.69) is 4.98 Å². The molecule has 2 aromatic rings. The number of rotatable bonds is 0. The molecule has 1 nitrogen and oxygen atoms in total. The van der Waals surface area contributed by atoms with E-state index in [1.54, 1.807) is 0 Å². The molecule has 14 heavy (non-hydrogen) atoms. The van der Waals surface area contributed by atoms with Crippen LogP contribution in [-0.4, -0.2) is 4.98 Å². The van der Waals surface area contributed by atoms with Gasteiger partial charge in [0.1, 0.15) is 0 Å². The van der Waals surface area contributed by atoms with Crippen LogP contribution in [0.3, 0.4) is 0 Å². The minimum absolute atomic E-state index is 0.728.